The second-order valence-corrected chi connectivity index (χ2v) is 8.13. The van der Waals surface area contributed by atoms with E-state index in [4.69, 9.17) is 35.4 Å². The van der Waals surface area contributed by atoms with Crippen molar-refractivity contribution in [1.29, 1.82) is 0 Å². The summed E-state index contributed by atoms with van der Waals surface area (Å²) in [6.45, 7) is 3.09. The van der Waals surface area contributed by atoms with Gasteiger partial charge in [-0.25, -0.2) is 0 Å². The summed E-state index contributed by atoms with van der Waals surface area (Å²) in [6, 6.07) is 10.3. The third-order valence-corrected chi connectivity index (χ3v) is 5.48. The van der Waals surface area contributed by atoms with Crippen LogP contribution < -0.4 is 15.4 Å². The van der Waals surface area contributed by atoms with Crippen molar-refractivity contribution < 1.29 is 13.5 Å². The van der Waals surface area contributed by atoms with Crippen molar-refractivity contribution >= 4 is 51.9 Å². The Kier molecular flexibility index (Phi) is 7.35. The van der Waals surface area contributed by atoms with E-state index >= 15 is 0 Å². The number of ether oxygens (including phenoxy) is 1. The molecule has 31 heavy (non-hydrogen) atoms. The average molecular weight is 485 g/mol. The van der Waals surface area contributed by atoms with E-state index in [1.54, 1.807) is 31.2 Å². The fourth-order valence-corrected chi connectivity index (χ4v) is 3.57. The van der Waals surface area contributed by atoms with E-state index in [1.807, 2.05) is 24.6 Å². The van der Waals surface area contributed by atoms with Crippen molar-refractivity contribution in [3.63, 3.8) is 0 Å². The topological polar surface area (TPSA) is 51.1 Å². The SMILES string of the molecule is Cc1ccc(NC(=S)Nc2c(C)nn(Cc3ccc(Cl)c(Cl)c3)c2C)c(OC(F)F)c1. The summed E-state index contributed by atoms with van der Waals surface area (Å²) in [5.41, 5.74) is 4.37. The van der Waals surface area contributed by atoms with Gasteiger partial charge in [-0.3, -0.25) is 4.68 Å². The molecule has 1 aromatic heterocycles. The Morgan fingerprint density at radius 3 is 2.52 bits per heavy atom. The number of nitrogens with zero attached hydrogens (tertiary/aromatic N) is 2. The molecule has 164 valence electrons. The minimum Gasteiger partial charge on any atom is -0.433 e. The molecule has 0 saturated carbocycles. The van der Waals surface area contributed by atoms with E-state index in [-0.39, 0.29) is 10.9 Å². The first-order chi connectivity index (χ1) is 14.6. The molecule has 0 amide bonds. The van der Waals surface area contributed by atoms with E-state index in [2.05, 4.69) is 20.5 Å². The highest BCUT2D eigenvalue weighted by Crippen LogP contribution is 2.28. The molecule has 0 aliphatic carbocycles. The van der Waals surface area contributed by atoms with E-state index in [0.29, 0.717) is 22.3 Å². The second-order valence-electron chi connectivity index (χ2n) is 6.91. The molecule has 3 rings (SSSR count). The van der Waals surface area contributed by atoms with Crippen molar-refractivity contribution in [3.8, 4) is 5.75 Å². The number of halogens is 4. The van der Waals surface area contributed by atoms with E-state index in [1.165, 1.54) is 6.07 Å². The first kappa shape index (κ1) is 23.2. The van der Waals surface area contributed by atoms with Gasteiger partial charge in [0.05, 0.1) is 39.4 Å². The first-order valence-electron chi connectivity index (χ1n) is 9.25. The zero-order valence-electron chi connectivity index (χ0n) is 17.0. The molecule has 0 atom stereocenters. The highest BCUT2D eigenvalue weighted by atomic mass is 35.5. The summed E-state index contributed by atoms with van der Waals surface area (Å²) < 4.78 is 31.9. The first-order valence-corrected chi connectivity index (χ1v) is 10.4. The van der Waals surface area contributed by atoms with Crippen LogP contribution in [0.25, 0.3) is 0 Å². The average Bonchev–Trinajstić information content (AvgIpc) is 2.94. The Balaban J connectivity index is 1.76. The summed E-state index contributed by atoms with van der Waals surface area (Å²) in [7, 11) is 0. The van der Waals surface area contributed by atoms with E-state index in [0.717, 1.165) is 28.2 Å². The molecular weight excluding hydrogens is 465 g/mol. The Labute approximate surface area is 194 Å². The summed E-state index contributed by atoms with van der Waals surface area (Å²) in [5, 5.41) is 11.8. The lowest BCUT2D eigenvalue weighted by Crippen LogP contribution is -2.21. The van der Waals surface area contributed by atoms with Gasteiger partial charge in [-0.1, -0.05) is 35.3 Å². The monoisotopic (exact) mass is 484 g/mol. The van der Waals surface area contributed by atoms with Crippen LogP contribution in [0.15, 0.2) is 36.4 Å². The molecule has 0 saturated heterocycles. The van der Waals surface area contributed by atoms with Crippen molar-refractivity contribution in [2.75, 3.05) is 10.6 Å². The largest absolute Gasteiger partial charge is 0.433 e. The fourth-order valence-electron chi connectivity index (χ4n) is 3.04. The van der Waals surface area contributed by atoms with Crippen LogP contribution >= 0.6 is 35.4 Å². The van der Waals surface area contributed by atoms with Gasteiger partial charge < -0.3 is 15.4 Å². The lowest BCUT2D eigenvalue weighted by atomic mass is 10.2. The van der Waals surface area contributed by atoms with Gasteiger partial charge in [0.2, 0.25) is 0 Å². The molecule has 2 N–H and O–H groups in total. The molecule has 10 heteroatoms. The normalized spacial score (nSPS) is 11.0. The van der Waals surface area contributed by atoms with Crippen LogP contribution in [0.5, 0.6) is 5.75 Å². The van der Waals surface area contributed by atoms with Gasteiger partial charge in [0.1, 0.15) is 5.75 Å². The number of nitrogens with one attached hydrogen (secondary N) is 2. The number of benzene rings is 2. The maximum Gasteiger partial charge on any atom is 0.387 e. The summed E-state index contributed by atoms with van der Waals surface area (Å²) in [6.07, 6.45) is 0. The molecule has 0 fully saturated rings. The molecule has 0 aliphatic heterocycles. The highest BCUT2D eigenvalue weighted by Gasteiger charge is 2.15. The molecule has 0 bridgehead atoms. The number of anilines is 2. The van der Waals surface area contributed by atoms with Gasteiger partial charge >= 0.3 is 6.61 Å². The summed E-state index contributed by atoms with van der Waals surface area (Å²) in [4.78, 5) is 0. The number of aryl methyl sites for hydroxylation is 2. The highest BCUT2D eigenvalue weighted by molar-refractivity contribution is 7.80. The van der Waals surface area contributed by atoms with Crippen molar-refractivity contribution in [2.45, 2.75) is 33.9 Å². The van der Waals surface area contributed by atoms with E-state index < -0.39 is 6.61 Å². The molecule has 0 radical (unpaired) electrons. The Morgan fingerprint density at radius 2 is 1.84 bits per heavy atom. The molecule has 1 heterocycles. The summed E-state index contributed by atoms with van der Waals surface area (Å²) in [5.74, 6) is 0.0166. The minimum atomic E-state index is -2.94. The van der Waals surface area contributed by atoms with Crippen molar-refractivity contribution in [2.24, 2.45) is 0 Å². The summed E-state index contributed by atoms with van der Waals surface area (Å²) >= 11 is 17.5. The molecule has 5 nitrogen and oxygen atoms in total. The van der Waals surface area contributed by atoms with Gasteiger partial charge in [0, 0.05) is 0 Å². The number of alkyl halides is 2. The lowest BCUT2D eigenvalue weighted by Gasteiger charge is -2.15. The third-order valence-electron chi connectivity index (χ3n) is 4.54. The zero-order valence-corrected chi connectivity index (χ0v) is 19.3. The van der Waals surface area contributed by atoms with Gasteiger partial charge in [-0.2, -0.15) is 13.9 Å². The van der Waals surface area contributed by atoms with Gasteiger partial charge in [0.15, 0.2) is 5.11 Å². The molecule has 0 aliphatic rings. The van der Waals surface area contributed by atoms with Crippen LogP contribution in [0, 0.1) is 20.8 Å². The Bertz CT molecular complexity index is 1120. The third kappa shape index (κ3) is 5.84. The molecular formula is C21H20Cl2F2N4OS. The van der Waals surface area contributed by atoms with E-state index in [9.17, 15) is 8.78 Å². The molecule has 2 aromatic carbocycles. The number of aromatic nitrogens is 2. The van der Waals surface area contributed by atoms with Crippen LogP contribution in [-0.4, -0.2) is 21.5 Å². The fraction of sp³-hybridized carbons (Fsp3) is 0.238. The molecule has 3 aromatic rings. The van der Waals surface area contributed by atoms with Crippen LogP contribution in [0.1, 0.15) is 22.5 Å². The van der Waals surface area contributed by atoms with Gasteiger partial charge in [-0.15, -0.1) is 0 Å². The maximum absolute atomic E-state index is 12.7. The number of hydrogen-bond acceptors (Lipinski definition) is 3. The van der Waals surface area contributed by atoms with Crippen molar-refractivity contribution in [3.05, 3.63) is 69.0 Å². The second kappa shape index (κ2) is 9.80. The predicted molar refractivity (Wildman–Crippen MR) is 125 cm³/mol. The minimum absolute atomic E-state index is 0.0166. The predicted octanol–water partition coefficient (Wildman–Crippen LogP) is 6.57. The molecule has 0 spiro atoms. The van der Waals surface area contributed by atoms with Crippen molar-refractivity contribution in [1.82, 2.24) is 9.78 Å². The lowest BCUT2D eigenvalue weighted by molar-refractivity contribution is -0.0493. The maximum atomic E-state index is 12.7. The Morgan fingerprint density at radius 1 is 1.10 bits per heavy atom. The van der Waals surface area contributed by atoms with Gasteiger partial charge in [-0.05, 0) is 68.4 Å². The zero-order chi connectivity index (χ0) is 22.7. The quantitative estimate of drug-likeness (QED) is 0.387. The van der Waals surface area contributed by atoms with Gasteiger partial charge in [0.25, 0.3) is 0 Å². The number of thiocarbonyl (C=S) groups is 1. The van der Waals surface area contributed by atoms with Crippen LogP contribution in [0.3, 0.4) is 0 Å². The Hall–Kier alpha value is -2.42. The van der Waals surface area contributed by atoms with Crippen LogP contribution in [0.2, 0.25) is 10.0 Å². The smallest absolute Gasteiger partial charge is 0.387 e. The van der Waals surface area contributed by atoms with Crippen LogP contribution in [0.4, 0.5) is 20.2 Å². The number of rotatable bonds is 6. The van der Waals surface area contributed by atoms with Crippen LogP contribution in [-0.2, 0) is 6.54 Å². The molecule has 0 unspecified atom stereocenters. The standard InChI is InChI=1S/C21H20Cl2F2N4OS/c1-11-4-7-17(18(8-11)30-20(24)25)26-21(31)27-19-12(2)28-29(13(19)3)10-14-5-6-15(22)16(23)9-14/h4-9,20H,10H2,1-3H3,(H2,26,27,31). The number of hydrogen-bond donors (Lipinski definition) is 2.